The summed E-state index contributed by atoms with van der Waals surface area (Å²) in [5, 5.41) is 0. The maximum absolute atomic E-state index is 10.9. The minimum Gasteiger partial charge on any atom is -0.462 e. The van der Waals surface area contributed by atoms with Crippen LogP contribution >= 0.6 is 0 Å². The summed E-state index contributed by atoms with van der Waals surface area (Å²) < 4.78 is 10.7. The van der Waals surface area contributed by atoms with Gasteiger partial charge < -0.3 is 9.47 Å². The third-order valence-corrected chi connectivity index (χ3v) is 3.33. The van der Waals surface area contributed by atoms with Crippen molar-refractivity contribution in [3.05, 3.63) is 12.7 Å². The fourth-order valence-electron chi connectivity index (χ4n) is 2.49. The lowest BCUT2D eigenvalue weighted by Gasteiger charge is -2.25. The van der Waals surface area contributed by atoms with Crippen LogP contribution in [0.3, 0.4) is 0 Å². The van der Waals surface area contributed by atoms with Gasteiger partial charge in [0, 0.05) is 12.0 Å². The summed E-state index contributed by atoms with van der Waals surface area (Å²) in [6.45, 7) is 5.97. The van der Waals surface area contributed by atoms with E-state index in [1.807, 2.05) is 0 Å². The molecule has 0 aromatic heterocycles. The van der Waals surface area contributed by atoms with Crippen LogP contribution in [0.5, 0.6) is 0 Å². The molecule has 78 valence electrons. The first kappa shape index (κ1) is 9.71. The van der Waals surface area contributed by atoms with Crippen molar-refractivity contribution >= 4 is 5.97 Å². The molecule has 1 aliphatic heterocycles. The Morgan fingerprint density at radius 3 is 2.93 bits per heavy atom. The summed E-state index contributed by atoms with van der Waals surface area (Å²) in [5.41, 5.74) is 0. The van der Waals surface area contributed by atoms with Gasteiger partial charge in [-0.05, 0) is 25.7 Å². The van der Waals surface area contributed by atoms with Gasteiger partial charge in [0.05, 0.1) is 18.8 Å². The Bertz CT molecular complexity index is 247. The van der Waals surface area contributed by atoms with Gasteiger partial charge in [-0.1, -0.05) is 6.58 Å². The second kappa shape index (κ2) is 3.73. The van der Waals surface area contributed by atoms with E-state index >= 15 is 0 Å². The van der Waals surface area contributed by atoms with Crippen molar-refractivity contribution < 1.29 is 14.3 Å². The quantitative estimate of drug-likeness (QED) is 0.507. The van der Waals surface area contributed by atoms with Gasteiger partial charge in [0.25, 0.3) is 0 Å². The predicted molar refractivity (Wildman–Crippen MR) is 51.7 cm³/mol. The summed E-state index contributed by atoms with van der Waals surface area (Å²) in [6, 6.07) is 0. The number of esters is 1. The van der Waals surface area contributed by atoms with Gasteiger partial charge in [-0.15, -0.1) is 0 Å². The zero-order valence-electron chi connectivity index (χ0n) is 8.44. The molecule has 0 radical (unpaired) electrons. The Hall–Kier alpha value is -0.830. The Labute approximate surface area is 84.1 Å². The monoisotopic (exact) mass is 196 g/mol. The number of ether oxygens (including phenoxy) is 2. The smallest absolute Gasteiger partial charge is 0.330 e. The Morgan fingerprint density at radius 1 is 1.64 bits per heavy atom. The molecule has 2 fully saturated rings. The van der Waals surface area contributed by atoms with Crippen molar-refractivity contribution in [3.63, 3.8) is 0 Å². The number of hydrogen-bond acceptors (Lipinski definition) is 3. The predicted octanol–water partition coefficient (Wildman–Crippen LogP) is 1.53. The van der Waals surface area contributed by atoms with Crippen LogP contribution in [0.15, 0.2) is 12.7 Å². The van der Waals surface area contributed by atoms with E-state index in [0.717, 1.165) is 12.8 Å². The Balaban J connectivity index is 1.80. The van der Waals surface area contributed by atoms with E-state index in [2.05, 4.69) is 13.5 Å². The largest absolute Gasteiger partial charge is 0.462 e. The molecule has 1 heterocycles. The maximum Gasteiger partial charge on any atom is 0.330 e. The molecule has 0 N–H and O–H groups in total. The molecular weight excluding hydrogens is 180 g/mol. The molecule has 0 aromatic rings. The molecule has 3 nitrogen and oxygen atoms in total. The van der Waals surface area contributed by atoms with Gasteiger partial charge in [-0.2, -0.15) is 0 Å². The summed E-state index contributed by atoms with van der Waals surface area (Å²) in [4.78, 5) is 10.9. The fourth-order valence-corrected chi connectivity index (χ4v) is 2.49. The van der Waals surface area contributed by atoms with E-state index in [9.17, 15) is 4.79 Å². The fraction of sp³-hybridized carbons (Fsp3) is 0.727. The highest BCUT2D eigenvalue weighted by atomic mass is 16.5. The standard InChI is InChI=1S/C11H16O3/c1-3-11(12)13-6-9-4-8-5-10(9)14-7(8)2/h3,7-10H,1,4-6H2,2H3. The van der Waals surface area contributed by atoms with Crippen molar-refractivity contribution in [2.45, 2.75) is 32.0 Å². The highest BCUT2D eigenvalue weighted by Crippen LogP contribution is 2.43. The number of fused-ring (bicyclic) bond motifs is 2. The van der Waals surface area contributed by atoms with E-state index < -0.39 is 0 Å². The SMILES string of the molecule is C=CC(=O)OCC1CC2CC1OC2C. The minimum atomic E-state index is -0.333. The average molecular weight is 196 g/mol. The molecule has 2 aliphatic rings. The van der Waals surface area contributed by atoms with Crippen LogP contribution in [0.25, 0.3) is 0 Å². The van der Waals surface area contributed by atoms with Gasteiger partial charge in [-0.3, -0.25) is 0 Å². The van der Waals surface area contributed by atoms with Gasteiger partial charge in [0.1, 0.15) is 0 Å². The maximum atomic E-state index is 10.9. The molecule has 2 rings (SSSR count). The zero-order chi connectivity index (χ0) is 10.1. The molecule has 1 saturated carbocycles. The molecular formula is C11H16O3. The lowest BCUT2D eigenvalue weighted by atomic mass is 9.99. The van der Waals surface area contributed by atoms with Crippen LogP contribution < -0.4 is 0 Å². The van der Waals surface area contributed by atoms with Gasteiger partial charge in [0.15, 0.2) is 0 Å². The van der Waals surface area contributed by atoms with Crippen LogP contribution in [0.4, 0.5) is 0 Å². The number of rotatable bonds is 3. The third-order valence-electron chi connectivity index (χ3n) is 3.33. The lowest BCUT2D eigenvalue weighted by molar-refractivity contribution is -0.141. The molecule has 14 heavy (non-hydrogen) atoms. The van der Waals surface area contributed by atoms with E-state index in [4.69, 9.17) is 9.47 Å². The van der Waals surface area contributed by atoms with Crippen molar-refractivity contribution in [2.75, 3.05) is 6.61 Å². The van der Waals surface area contributed by atoms with Gasteiger partial charge in [-0.25, -0.2) is 4.79 Å². The van der Waals surface area contributed by atoms with Crippen LogP contribution in [0, 0.1) is 11.8 Å². The van der Waals surface area contributed by atoms with Crippen LogP contribution in [-0.4, -0.2) is 24.8 Å². The van der Waals surface area contributed by atoms with E-state index in [1.165, 1.54) is 6.08 Å². The van der Waals surface area contributed by atoms with E-state index in [1.54, 1.807) is 0 Å². The molecule has 1 saturated heterocycles. The highest BCUT2D eigenvalue weighted by molar-refractivity contribution is 5.81. The van der Waals surface area contributed by atoms with Crippen molar-refractivity contribution in [1.82, 2.24) is 0 Å². The number of hydrogen-bond donors (Lipinski definition) is 0. The summed E-state index contributed by atoms with van der Waals surface area (Å²) in [7, 11) is 0. The first-order valence-corrected chi connectivity index (χ1v) is 5.15. The molecule has 3 heteroatoms. The second-order valence-corrected chi connectivity index (χ2v) is 4.21. The van der Waals surface area contributed by atoms with Crippen LogP contribution in [0.2, 0.25) is 0 Å². The average Bonchev–Trinajstić information content (AvgIpc) is 2.72. The summed E-state index contributed by atoms with van der Waals surface area (Å²) in [5.74, 6) is 0.744. The van der Waals surface area contributed by atoms with E-state index in [-0.39, 0.29) is 5.97 Å². The minimum absolute atomic E-state index is 0.313. The molecule has 0 amide bonds. The first-order valence-electron chi connectivity index (χ1n) is 5.15. The van der Waals surface area contributed by atoms with Crippen molar-refractivity contribution in [2.24, 2.45) is 11.8 Å². The topological polar surface area (TPSA) is 35.5 Å². The third kappa shape index (κ3) is 1.69. The zero-order valence-corrected chi connectivity index (χ0v) is 8.44. The van der Waals surface area contributed by atoms with E-state index in [0.29, 0.717) is 30.7 Å². The molecule has 0 spiro atoms. The summed E-state index contributed by atoms with van der Waals surface area (Å²) >= 11 is 0. The highest BCUT2D eigenvalue weighted by Gasteiger charge is 2.45. The normalized spacial score (nSPS) is 39.8. The van der Waals surface area contributed by atoms with Crippen molar-refractivity contribution in [3.8, 4) is 0 Å². The molecule has 4 atom stereocenters. The molecule has 4 unspecified atom stereocenters. The lowest BCUT2D eigenvalue weighted by Crippen LogP contribution is -2.29. The first-order chi connectivity index (χ1) is 6.70. The Kier molecular flexibility index (Phi) is 2.59. The molecule has 0 aromatic carbocycles. The van der Waals surface area contributed by atoms with Crippen molar-refractivity contribution in [1.29, 1.82) is 0 Å². The molecule has 2 bridgehead atoms. The summed E-state index contributed by atoms with van der Waals surface area (Å²) in [6.07, 6.45) is 4.18. The Morgan fingerprint density at radius 2 is 2.43 bits per heavy atom. The van der Waals surface area contributed by atoms with Gasteiger partial charge in [0.2, 0.25) is 0 Å². The number of carbonyl (C=O) groups excluding carboxylic acids is 1. The van der Waals surface area contributed by atoms with Crippen LogP contribution in [-0.2, 0) is 14.3 Å². The number of carbonyl (C=O) groups is 1. The second-order valence-electron chi connectivity index (χ2n) is 4.21. The van der Waals surface area contributed by atoms with Gasteiger partial charge >= 0.3 is 5.97 Å². The van der Waals surface area contributed by atoms with Crippen LogP contribution in [0.1, 0.15) is 19.8 Å². The molecule has 1 aliphatic carbocycles.